The highest BCUT2D eigenvalue weighted by Crippen LogP contribution is 2.52. The van der Waals surface area contributed by atoms with E-state index in [1.807, 2.05) is 31.1 Å². The molecule has 3 aliphatic rings. The maximum atomic E-state index is 13.5. The van der Waals surface area contributed by atoms with Crippen molar-refractivity contribution in [3.63, 3.8) is 0 Å². The molecule has 57 heavy (non-hydrogen) atoms. The summed E-state index contributed by atoms with van der Waals surface area (Å²) in [6.07, 6.45) is 12.2. The van der Waals surface area contributed by atoms with Crippen LogP contribution in [0.5, 0.6) is 0 Å². The zero-order valence-electron chi connectivity index (χ0n) is 32.5. The van der Waals surface area contributed by atoms with Crippen molar-refractivity contribution >= 4 is 31.9 Å². The first-order valence-electron chi connectivity index (χ1n) is 19.4. The number of ether oxygens (including phenoxy) is 1. The lowest BCUT2D eigenvalue weighted by molar-refractivity contribution is -0.135. The maximum Gasteiger partial charge on any atom is 0.407 e. The second-order valence-electron chi connectivity index (χ2n) is 15.3. The Morgan fingerprint density at radius 1 is 0.895 bits per heavy atom. The molecule has 0 spiro atoms. The predicted octanol–water partition coefficient (Wildman–Crippen LogP) is 7.66. The van der Waals surface area contributed by atoms with Crippen molar-refractivity contribution in [3.05, 3.63) is 102 Å². The minimum Gasteiger partial charge on any atom is -0.453 e. The summed E-state index contributed by atoms with van der Waals surface area (Å²) in [5.41, 5.74) is 6.87. The molecule has 8 rings (SSSR count). The Morgan fingerprint density at radius 2 is 1.53 bits per heavy atom. The Hall–Kier alpha value is -5.50. The van der Waals surface area contributed by atoms with Crippen molar-refractivity contribution < 1.29 is 23.5 Å². The van der Waals surface area contributed by atoms with E-state index >= 15 is 0 Å². The smallest absolute Gasteiger partial charge is 0.407 e. The number of methoxy groups -OCH3 is 1. The molecule has 4 N–H and O–H groups in total. The average molecular weight is 795 g/mol. The molecule has 5 aromatic rings. The van der Waals surface area contributed by atoms with Gasteiger partial charge in [0.1, 0.15) is 17.7 Å². The number of aromatic amines is 2. The minimum atomic E-state index is -0.655. The Labute approximate surface area is 339 Å². The van der Waals surface area contributed by atoms with Crippen LogP contribution >= 0.6 is 13.5 Å². The number of imidazole rings is 2. The number of carbonyl (C=O) groups excluding carboxylic acids is 3. The molecule has 12 nitrogen and oxygen atoms in total. The van der Waals surface area contributed by atoms with Crippen LogP contribution in [0.3, 0.4) is 0 Å². The molecule has 0 radical (unpaired) electrons. The lowest BCUT2D eigenvalue weighted by Crippen LogP contribution is -2.51. The second-order valence-corrected chi connectivity index (χ2v) is 15.3. The van der Waals surface area contributed by atoms with Crippen LogP contribution in [0.25, 0.3) is 33.6 Å². The molecule has 2 saturated carbocycles. The SMILES string of the molecule is COC(=O)NC(C(=O)N1CCCC1c1ncc(-c2ccc(-c3ccc(-c4cnc([C@@H]5CC6CCC5C6)[nH]4)cc3)cc2)[nH]1)C(C)C.O=CNCc1cccnc1F.S. The number of amides is 3. The van der Waals surface area contributed by atoms with Crippen LogP contribution in [0.1, 0.15) is 81.5 Å². The van der Waals surface area contributed by atoms with Gasteiger partial charge in [0.15, 0.2) is 0 Å². The van der Waals surface area contributed by atoms with E-state index in [9.17, 15) is 18.8 Å². The highest BCUT2D eigenvalue weighted by molar-refractivity contribution is 7.59. The van der Waals surface area contributed by atoms with Gasteiger partial charge in [-0.15, -0.1) is 0 Å². The Balaban J connectivity index is 0.000000398. The van der Waals surface area contributed by atoms with Gasteiger partial charge in [0.05, 0.1) is 36.9 Å². The fraction of sp³-hybridized carbons (Fsp3) is 0.395. The lowest BCUT2D eigenvalue weighted by Gasteiger charge is -2.30. The number of aromatic nitrogens is 5. The summed E-state index contributed by atoms with van der Waals surface area (Å²) in [5.74, 6) is 3.53. The largest absolute Gasteiger partial charge is 0.453 e. The molecule has 3 fully saturated rings. The molecule has 4 heterocycles. The van der Waals surface area contributed by atoms with Gasteiger partial charge in [0.2, 0.25) is 18.3 Å². The van der Waals surface area contributed by atoms with Crippen LogP contribution in [-0.2, 0) is 20.9 Å². The monoisotopic (exact) mass is 794 g/mol. The van der Waals surface area contributed by atoms with Gasteiger partial charge < -0.3 is 30.2 Å². The first kappa shape index (κ1) is 41.1. The van der Waals surface area contributed by atoms with Crippen LogP contribution in [0.4, 0.5) is 9.18 Å². The van der Waals surface area contributed by atoms with Crippen molar-refractivity contribution in [1.29, 1.82) is 0 Å². The molecule has 3 amide bonds. The summed E-state index contributed by atoms with van der Waals surface area (Å²) in [6.45, 7) is 4.65. The number of halogens is 1. The van der Waals surface area contributed by atoms with Crippen molar-refractivity contribution in [2.75, 3.05) is 13.7 Å². The highest BCUT2D eigenvalue weighted by Gasteiger charge is 2.41. The molecular weight excluding hydrogens is 744 g/mol. The van der Waals surface area contributed by atoms with Gasteiger partial charge in [0.25, 0.3) is 0 Å². The number of alkyl carbamates (subject to hydrolysis) is 1. The second kappa shape index (κ2) is 18.6. The van der Waals surface area contributed by atoms with Crippen LogP contribution in [0, 0.1) is 23.7 Å². The molecule has 14 heteroatoms. The van der Waals surface area contributed by atoms with Crippen molar-refractivity contribution in [2.24, 2.45) is 17.8 Å². The standard InChI is InChI=1S/C36H42N6O3.C7H7FN2O.H2S/c1-21(2)32(41-36(44)45-3)35(43)42-16-4-5-31(42)34-38-20-30(40-34)26-14-10-24(11-15-26)23-8-12-25(13-9-23)29-19-37-33(39-29)28-18-22-6-7-27(28)17-22;8-7-6(4-9-5-11)2-1-3-10-7;/h8-15,19-22,27-28,31-32H,4-7,16-18H2,1-3H3,(H,37,39)(H,38,40)(H,41,44);1-3,5H,4H2,(H,9,11);1H2/t22?,27?,28-,31?,32?;;/m1../s1. The topological polar surface area (TPSA) is 158 Å². The molecule has 2 bridgehead atoms. The summed E-state index contributed by atoms with van der Waals surface area (Å²) >= 11 is 0. The summed E-state index contributed by atoms with van der Waals surface area (Å²) in [4.78, 5) is 57.0. The van der Waals surface area contributed by atoms with E-state index in [1.165, 1.54) is 44.8 Å². The first-order valence-corrected chi connectivity index (χ1v) is 19.4. The van der Waals surface area contributed by atoms with E-state index in [0.717, 1.165) is 64.1 Å². The maximum absolute atomic E-state index is 13.5. The molecule has 3 aromatic heterocycles. The number of nitrogens with one attached hydrogen (secondary N) is 4. The average Bonchev–Trinajstić information content (AvgIpc) is 4.08. The molecule has 300 valence electrons. The summed E-state index contributed by atoms with van der Waals surface area (Å²) < 4.78 is 17.4. The number of hydrogen-bond donors (Lipinski definition) is 4. The molecule has 2 aliphatic carbocycles. The zero-order chi connectivity index (χ0) is 39.2. The summed E-state index contributed by atoms with van der Waals surface area (Å²) in [5, 5.41) is 5.05. The van der Waals surface area contributed by atoms with Crippen LogP contribution in [0.2, 0.25) is 0 Å². The number of nitrogens with zero attached hydrogens (tertiary/aromatic N) is 4. The third kappa shape index (κ3) is 9.39. The van der Waals surface area contributed by atoms with Crippen LogP contribution in [0.15, 0.2) is 79.3 Å². The number of pyridine rings is 1. The molecule has 2 aromatic carbocycles. The molecule has 4 unspecified atom stereocenters. The molecule has 1 aliphatic heterocycles. The van der Waals surface area contributed by atoms with Gasteiger partial charge in [-0.05, 0) is 78.2 Å². The van der Waals surface area contributed by atoms with E-state index in [2.05, 4.69) is 79.1 Å². The third-order valence-electron chi connectivity index (χ3n) is 11.5. The Kier molecular flexibility index (Phi) is 13.4. The third-order valence-corrected chi connectivity index (χ3v) is 11.5. The van der Waals surface area contributed by atoms with E-state index in [1.54, 1.807) is 12.1 Å². The number of hydrogen-bond acceptors (Lipinski definition) is 7. The van der Waals surface area contributed by atoms with E-state index in [4.69, 9.17) is 9.72 Å². The summed E-state index contributed by atoms with van der Waals surface area (Å²) in [6, 6.07) is 19.5. The van der Waals surface area contributed by atoms with Gasteiger partial charge >= 0.3 is 6.09 Å². The zero-order valence-corrected chi connectivity index (χ0v) is 33.5. The van der Waals surface area contributed by atoms with Crippen LogP contribution in [-0.4, -0.2) is 67.9 Å². The highest BCUT2D eigenvalue weighted by atomic mass is 32.1. The number of benzene rings is 2. The number of likely N-dealkylation sites (tertiary alicyclic amines) is 1. The molecular formula is C43H51FN8O4S. The lowest BCUT2D eigenvalue weighted by atomic mass is 9.88. The minimum absolute atomic E-state index is 0. The van der Waals surface area contributed by atoms with Crippen molar-refractivity contribution in [1.82, 2.24) is 40.5 Å². The van der Waals surface area contributed by atoms with Gasteiger partial charge in [-0.3, -0.25) is 9.59 Å². The molecule has 5 atom stereocenters. The van der Waals surface area contributed by atoms with Crippen LogP contribution < -0.4 is 10.6 Å². The number of rotatable bonds is 11. The Morgan fingerprint density at radius 3 is 2.09 bits per heavy atom. The summed E-state index contributed by atoms with van der Waals surface area (Å²) in [7, 11) is 1.30. The fourth-order valence-electron chi connectivity index (χ4n) is 8.48. The number of carbonyl (C=O) groups is 3. The number of fused-ring (bicyclic) bond motifs is 2. The Bertz CT molecular complexity index is 2120. The van der Waals surface area contributed by atoms with E-state index < -0.39 is 18.1 Å². The fourth-order valence-corrected chi connectivity index (χ4v) is 8.48. The predicted molar refractivity (Wildman–Crippen MR) is 221 cm³/mol. The molecule has 1 saturated heterocycles. The normalized spacial score (nSPS) is 20.0. The quantitative estimate of drug-likeness (QED) is 0.0790. The van der Waals surface area contributed by atoms with Gasteiger partial charge in [-0.1, -0.05) is 74.9 Å². The van der Waals surface area contributed by atoms with Gasteiger partial charge in [-0.25, -0.2) is 19.7 Å². The van der Waals surface area contributed by atoms with Crippen molar-refractivity contribution in [2.45, 2.75) is 76.9 Å². The number of H-pyrrole nitrogens is 2. The van der Waals surface area contributed by atoms with Gasteiger partial charge in [-0.2, -0.15) is 17.9 Å². The van der Waals surface area contributed by atoms with Crippen molar-refractivity contribution in [3.8, 4) is 33.6 Å². The van der Waals surface area contributed by atoms with E-state index in [-0.39, 0.29) is 37.9 Å². The van der Waals surface area contributed by atoms with Gasteiger partial charge in [0, 0.05) is 30.8 Å². The first-order chi connectivity index (χ1) is 27.2. The van der Waals surface area contributed by atoms with E-state index in [0.29, 0.717) is 24.4 Å².